The van der Waals surface area contributed by atoms with Gasteiger partial charge in [-0.05, 0) is 42.5 Å². The van der Waals surface area contributed by atoms with Crippen molar-refractivity contribution in [2.45, 2.75) is 44.6 Å². The smallest absolute Gasteiger partial charge is 0.309 e. The van der Waals surface area contributed by atoms with Crippen LogP contribution in [0.1, 0.15) is 43.7 Å². The largest absolute Gasteiger partial charge is 0.481 e. The molecule has 104 valence electrons. The van der Waals surface area contributed by atoms with Crippen molar-refractivity contribution in [3.05, 3.63) is 35.1 Å². The molecule has 0 bridgehead atoms. The second-order valence-corrected chi connectivity index (χ2v) is 5.26. The van der Waals surface area contributed by atoms with E-state index in [0.717, 1.165) is 18.4 Å². The topological polar surface area (TPSA) is 57.5 Å². The van der Waals surface area contributed by atoms with Gasteiger partial charge < -0.3 is 10.2 Å². The highest BCUT2D eigenvalue weighted by atomic mass is 19.1. The van der Waals surface area contributed by atoms with Crippen LogP contribution in [0.25, 0.3) is 0 Å². The van der Waals surface area contributed by atoms with E-state index in [9.17, 15) is 19.4 Å². The second kappa shape index (κ2) is 5.29. The molecule has 1 aliphatic carbocycles. The Morgan fingerprint density at radius 2 is 2.26 bits per heavy atom. The number of aliphatic hydroxyl groups is 1. The van der Waals surface area contributed by atoms with Gasteiger partial charge in [0.15, 0.2) is 0 Å². The fourth-order valence-electron chi connectivity index (χ4n) is 2.99. The minimum atomic E-state index is -1.36. The Bertz CT molecular complexity index is 486. The summed E-state index contributed by atoms with van der Waals surface area (Å²) in [6.07, 6.45) is 2.97. The number of carboxylic acid groups (broad SMARTS) is 1. The van der Waals surface area contributed by atoms with Crippen molar-refractivity contribution < 1.29 is 19.4 Å². The first-order chi connectivity index (χ1) is 8.99. The lowest BCUT2D eigenvalue weighted by molar-refractivity contribution is -0.153. The number of halogens is 1. The molecular weight excluding hydrogens is 247 g/mol. The van der Waals surface area contributed by atoms with Gasteiger partial charge in [0, 0.05) is 0 Å². The fraction of sp³-hybridized carbons (Fsp3) is 0.533. The second-order valence-electron chi connectivity index (χ2n) is 5.26. The average molecular weight is 266 g/mol. The molecule has 2 atom stereocenters. The third kappa shape index (κ3) is 2.50. The van der Waals surface area contributed by atoms with Crippen molar-refractivity contribution in [3.63, 3.8) is 0 Å². The zero-order valence-corrected chi connectivity index (χ0v) is 11.0. The highest BCUT2D eigenvalue weighted by Gasteiger charge is 2.46. The summed E-state index contributed by atoms with van der Waals surface area (Å²) in [5.41, 5.74) is -0.0491. The van der Waals surface area contributed by atoms with E-state index in [-0.39, 0.29) is 5.82 Å². The van der Waals surface area contributed by atoms with E-state index in [2.05, 4.69) is 0 Å². The van der Waals surface area contributed by atoms with Gasteiger partial charge in [0.2, 0.25) is 0 Å². The molecule has 0 spiro atoms. The zero-order valence-electron chi connectivity index (χ0n) is 11.0. The van der Waals surface area contributed by atoms with E-state index >= 15 is 0 Å². The van der Waals surface area contributed by atoms with Crippen LogP contribution in [0.2, 0.25) is 0 Å². The van der Waals surface area contributed by atoms with Gasteiger partial charge >= 0.3 is 5.97 Å². The van der Waals surface area contributed by atoms with Gasteiger partial charge in [-0.1, -0.05) is 25.8 Å². The Kier molecular flexibility index (Phi) is 3.90. The number of carboxylic acids is 1. The van der Waals surface area contributed by atoms with E-state index in [1.54, 1.807) is 0 Å². The maximum absolute atomic E-state index is 13.2. The summed E-state index contributed by atoms with van der Waals surface area (Å²) < 4.78 is 13.2. The summed E-state index contributed by atoms with van der Waals surface area (Å²) in [6, 6.07) is 4.21. The predicted molar refractivity (Wildman–Crippen MR) is 69.3 cm³/mol. The summed E-state index contributed by atoms with van der Waals surface area (Å²) in [6.45, 7) is 1.99. The van der Waals surface area contributed by atoms with Crippen LogP contribution in [0.4, 0.5) is 4.39 Å². The van der Waals surface area contributed by atoms with Crippen LogP contribution < -0.4 is 0 Å². The van der Waals surface area contributed by atoms with Gasteiger partial charge in [-0.3, -0.25) is 4.79 Å². The van der Waals surface area contributed by atoms with Crippen molar-refractivity contribution >= 4 is 5.97 Å². The van der Waals surface area contributed by atoms with Crippen molar-refractivity contribution in [3.8, 4) is 0 Å². The number of fused-ring (bicyclic) bond motifs is 1. The molecule has 2 rings (SSSR count). The van der Waals surface area contributed by atoms with Crippen molar-refractivity contribution in [2.75, 3.05) is 0 Å². The molecule has 1 aliphatic rings. The number of unbranched alkanes of at least 4 members (excludes halogenated alkanes) is 1. The third-order valence-electron chi connectivity index (χ3n) is 4.03. The Hall–Kier alpha value is -1.42. The van der Waals surface area contributed by atoms with Gasteiger partial charge in [-0.2, -0.15) is 0 Å². The number of aryl methyl sites for hydroxylation is 1. The lowest BCUT2D eigenvalue weighted by atomic mass is 9.79. The number of hydrogen-bond acceptors (Lipinski definition) is 2. The molecule has 3 nitrogen and oxygen atoms in total. The molecule has 0 saturated carbocycles. The molecule has 19 heavy (non-hydrogen) atoms. The Balaban J connectivity index is 2.35. The maximum atomic E-state index is 13.2. The number of hydrogen-bond donors (Lipinski definition) is 2. The van der Waals surface area contributed by atoms with Crippen LogP contribution in [0, 0.1) is 11.7 Å². The van der Waals surface area contributed by atoms with E-state index in [1.807, 2.05) is 6.92 Å². The monoisotopic (exact) mass is 266 g/mol. The average Bonchev–Trinajstić information content (AvgIpc) is 2.67. The normalized spacial score (nSPS) is 23.1. The van der Waals surface area contributed by atoms with Crippen LogP contribution in [-0.4, -0.2) is 16.2 Å². The molecule has 0 aliphatic heterocycles. The zero-order chi connectivity index (χ0) is 14.0. The van der Waals surface area contributed by atoms with Crippen LogP contribution >= 0.6 is 0 Å². The van der Waals surface area contributed by atoms with Gasteiger partial charge in [0.25, 0.3) is 0 Å². The molecule has 1 aromatic rings. The summed E-state index contributed by atoms with van der Waals surface area (Å²) in [5, 5.41) is 20.2. The summed E-state index contributed by atoms with van der Waals surface area (Å²) in [5.74, 6) is -2.14. The standard InChI is InChI=1S/C15H19FO3/c1-2-3-4-13(14(17)18)15(19)8-7-10-9-11(16)5-6-12(10)15/h5-6,9,13,19H,2-4,7-8H2,1H3,(H,17,18). The van der Waals surface area contributed by atoms with Crippen LogP contribution in [0.5, 0.6) is 0 Å². The number of rotatable bonds is 5. The molecule has 0 amide bonds. The highest BCUT2D eigenvalue weighted by Crippen LogP contribution is 2.44. The van der Waals surface area contributed by atoms with Crippen molar-refractivity contribution in [1.82, 2.24) is 0 Å². The lowest BCUT2D eigenvalue weighted by Gasteiger charge is -2.31. The third-order valence-corrected chi connectivity index (χ3v) is 4.03. The summed E-state index contributed by atoms with van der Waals surface area (Å²) in [4.78, 5) is 11.4. The molecule has 0 aromatic heterocycles. The first-order valence-corrected chi connectivity index (χ1v) is 6.73. The first kappa shape index (κ1) is 14.0. The van der Waals surface area contributed by atoms with Crippen molar-refractivity contribution in [2.24, 2.45) is 5.92 Å². The molecule has 0 fully saturated rings. The summed E-state index contributed by atoms with van der Waals surface area (Å²) in [7, 11) is 0. The number of aliphatic carboxylic acids is 1. The van der Waals surface area contributed by atoms with Crippen LogP contribution in [0.15, 0.2) is 18.2 Å². The Morgan fingerprint density at radius 3 is 2.89 bits per heavy atom. The minimum absolute atomic E-state index is 0.344. The molecule has 0 saturated heterocycles. The first-order valence-electron chi connectivity index (χ1n) is 6.73. The Morgan fingerprint density at radius 1 is 1.53 bits per heavy atom. The molecule has 4 heteroatoms. The molecular formula is C15H19FO3. The highest BCUT2D eigenvalue weighted by molar-refractivity contribution is 5.72. The molecule has 0 radical (unpaired) electrons. The predicted octanol–water partition coefficient (Wildman–Crippen LogP) is 2.85. The van der Waals surface area contributed by atoms with Gasteiger partial charge in [-0.25, -0.2) is 4.39 Å². The number of benzene rings is 1. The quantitative estimate of drug-likeness (QED) is 0.861. The SMILES string of the molecule is CCCCC(C(=O)O)C1(O)CCc2cc(F)ccc21. The van der Waals surface area contributed by atoms with E-state index in [4.69, 9.17) is 0 Å². The van der Waals surface area contributed by atoms with Gasteiger partial charge in [0.1, 0.15) is 11.4 Å². The maximum Gasteiger partial charge on any atom is 0.309 e. The van der Waals surface area contributed by atoms with Crippen LogP contribution in [-0.2, 0) is 16.8 Å². The fourth-order valence-corrected chi connectivity index (χ4v) is 2.99. The van der Waals surface area contributed by atoms with Crippen molar-refractivity contribution in [1.29, 1.82) is 0 Å². The van der Waals surface area contributed by atoms with Gasteiger partial charge in [0.05, 0.1) is 5.92 Å². The molecule has 2 N–H and O–H groups in total. The lowest BCUT2D eigenvalue weighted by Crippen LogP contribution is -2.38. The van der Waals surface area contributed by atoms with E-state index in [1.165, 1.54) is 18.2 Å². The van der Waals surface area contributed by atoms with Crippen LogP contribution in [0.3, 0.4) is 0 Å². The van der Waals surface area contributed by atoms with Gasteiger partial charge in [-0.15, -0.1) is 0 Å². The number of carbonyl (C=O) groups is 1. The summed E-state index contributed by atoms with van der Waals surface area (Å²) >= 11 is 0. The van der Waals surface area contributed by atoms with E-state index in [0.29, 0.717) is 24.8 Å². The Labute approximate surface area is 112 Å². The molecule has 2 unspecified atom stereocenters. The molecule has 1 aromatic carbocycles. The molecule has 0 heterocycles. The van der Waals surface area contributed by atoms with E-state index < -0.39 is 17.5 Å². The minimum Gasteiger partial charge on any atom is -0.481 e.